The zero-order chi connectivity index (χ0) is 11.7. The molecule has 0 saturated heterocycles. The average molecular weight is 236 g/mol. The summed E-state index contributed by atoms with van der Waals surface area (Å²) in [6, 6.07) is 5.74. The minimum Gasteiger partial charge on any atom is -0.399 e. The molecule has 1 amide bonds. The predicted octanol–water partition coefficient (Wildman–Crippen LogP) is 2.51. The highest BCUT2D eigenvalue weighted by molar-refractivity contribution is 8.01. The average Bonchev–Trinajstić information content (AvgIpc) is 2.28. The van der Waals surface area contributed by atoms with Crippen molar-refractivity contribution >= 4 is 29.0 Å². The Kier molecular flexibility index (Phi) is 3.10. The number of thioether (sulfide) groups is 1. The second-order valence-electron chi connectivity index (χ2n) is 3.82. The third-order valence-electron chi connectivity index (χ3n) is 2.77. The molecule has 0 aromatic heterocycles. The Morgan fingerprint density at radius 1 is 1.44 bits per heavy atom. The molecule has 1 aliphatic rings. The van der Waals surface area contributed by atoms with E-state index >= 15 is 0 Å². The normalized spacial score (nSPS) is 19.8. The third kappa shape index (κ3) is 1.78. The van der Waals surface area contributed by atoms with Crippen molar-refractivity contribution < 1.29 is 4.79 Å². The van der Waals surface area contributed by atoms with Crippen LogP contribution >= 0.6 is 11.8 Å². The van der Waals surface area contributed by atoms with Crippen molar-refractivity contribution in [1.29, 1.82) is 0 Å². The van der Waals surface area contributed by atoms with E-state index in [4.69, 9.17) is 5.73 Å². The lowest BCUT2D eigenvalue weighted by Gasteiger charge is -2.32. The van der Waals surface area contributed by atoms with E-state index in [-0.39, 0.29) is 11.2 Å². The summed E-state index contributed by atoms with van der Waals surface area (Å²) in [6.07, 6.45) is 0.855. The molecule has 0 spiro atoms. The summed E-state index contributed by atoms with van der Waals surface area (Å²) in [4.78, 5) is 15.1. The Hall–Kier alpha value is -1.16. The van der Waals surface area contributed by atoms with E-state index in [1.165, 1.54) is 0 Å². The maximum absolute atomic E-state index is 12.1. The van der Waals surface area contributed by atoms with Crippen molar-refractivity contribution in [2.75, 3.05) is 17.2 Å². The standard InChI is InChI=1S/C12H16N2OS/c1-3-10-12(15)14(4-2)9-6-5-8(13)7-11(9)16-10/h5-7,10H,3-4,13H2,1-2H3. The fraction of sp³-hybridized carbons (Fsp3) is 0.417. The molecule has 1 aromatic rings. The number of rotatable bonds is 2. The molecule has 3 nitrogen and oxygen atoms in total. The first-order valence-corrected chi connectivity index (χ1v) is 6.42. The topological polar surface area (TPSA) is 46.3 Å². The van der Waals surface area contributed by atoms with Crippen LogP contribution in [0.15, 0.2) is 23.1 Å². The van der Waals surface area contributed by atoms with E-state index in [0.29, 0.717) is 6.54 Å². The van der Waals surface area contributed by atoms with Crippen LogP contribution in [0.4, 0.5) is 11.4 Å². The number of anilines is 2. The first-order chi connectivity index (χ1) is 7.67. The van der Waals surface area contributed by atoms with Crippen LogP contribution in [0.5, 0.6) is 0 Å². The molecule has 0 fully saturated rings. The summed E-state index contributed by atoms with van der Waals surface area (Å²) in [5.41, 5.74) is 7.53. The van der Waals surface area contributed by atoms with Gasteiger partial charge in [0.05, 0.1) is 10.9 Å². The molecule has 1 aromatic carbocycles. The van der Waals surface area contributed by atoms with Crippen LogP contribution < -0.4 is 10.6 Å². The van der Waals surface area contributed by atoms with Gasteiger partial charge in [0.2, 0.25) is 5.91 Å². The molecule has 1 heterocycles. The Morgan fingerprint density at radius 3 is 2.81 bits per heavy atom. The van der Waals surface area contributed by atoms with E-state index in [0.717, 1.165) is 22.7 Å². The van der Waals surface area contributed by atoms with Gasteiger partial charge in [-0.05, 0) is 31.5 Å². The lowest BCUT2D eigenvalue weighted by molar-refractivity contribution is -0.118. The molecule has 0 bridgehead atoms. The number of nitrogens with two attached hydrogens (primary N) is 1. The Bertz CT molecular complexity index is 419. The van der Waals surface area contributed by atoms with Crippen LogP contribution in [-0.2, 0) is 4.79 Å². The van der Waals surface area contributed by atoms with Gasteiger partial charge >= 0.3 is 0 Å². The van der Waals surface area contributed by atoms with E-state index in [2.05, 4.69) is 0 Å². The second kappa shape index (κ2) is 4.37. The van der Waals surface area contributed by atoms with Crippen LogP contribution in [0.3, 0.4) is 0 Å². The lowest BCUT2D eigenvalue weighted by Crippen LogP contribution is -2.40. The highest BCUT2D eigenvalue weighted by Crippen LogP contribution is 2.41. The van der Waals surface area contributed by atoms with Crippen LogP contribution in [0.2, 0.25) is 0 Å². The summed E-state index contributed by atoms with van der Waals surface area (Å²) in [6.45, 7) is 4.76. The molecule has 2 rings (SSSR count). The van der Waals surface area contributed by atoms with Crippen molar-refractivity contribution in [3.8, 4) is 0 Å². The van der Waals surface area contributed by atoms with Gasteiger partial charge in [0.25, 0.3) is 0 Å². The number of hydrogen-bond donors (Lipinski definition) is 1. The minimum atomic E-state index is 0.0363. The van der Waals surface area contributed by atoms with E-state index < -0.39 is 0 Å². The SMILES string of the molecule is CCC1Sc2cc(N)ccc2N(CC)C1=O. The maximum atomic E-state index is 12.1. The van der Waals surface area contributed by atoms with E-state index in [9.17, 15) is 4.79 Å². The van der Waals surface area contributed by atoms with Gasteiger partial charge in [-0.3, -0.25) is 4.79 Å². The van der Waals surface area contributed by atoms with Gasteiger partial charge in [-0.1, -0.05) is 6.92 Å². The highest BCUT2D eigenvalue weighted by Gasteiger charge is 2.31. The molecule has 0 aliphatic carbocycles. The van der Waals surface area contributed by atoms with E-state index in [1.54, 1.807) is 11.8 Å². The number of hydrogen-bond acceptors (Lipinski definition) is 3. The smallest absolute Gasteiger partial charge is 0.240 e. The number of amides is 1. The molecule has 16 heavy (non-hydrogen) atoms. The maximum Gasteiger partial charge on any atom is 0.240 e. The first-order valence-electron chi connectivity index (χ1n) is 5.55. The van der Waals surface area contributed by atoms with Crippen molar-refractivity contribution in [2.24, 2.45) is 0 Å². The molecular formula is C12H16N2OS. The van der Waals surface area contributed by atoms with Gasteiger partial charge in [0.1, 0.15) is 0 Å². The second-order valence-corrected chi connectivity index (χ2v) is 5.07. The first kappa shape index (κ1) is 11.3. The summed E-state index contributed by atoms with van der Waals surface area (Å²) in [5, 5.41) is 0.0363. The largest absolute Gasteiger partial charge is 0.399 e. The summed E-state index contributed by atoms with van der Waals surface area (Å²) < 4.78 is 0. The number of benzene rings is 1. The van der Waals surface area contributed by atoms with Crippen LogP contribution in [0, 0.1) is 0 Å². The van der Waals surface area contributed by atoms with Crippen LogP contribution in [-0.4, -0.2) is 17.7 Å². The summed E-state index contributed by atoms with van der Waals surface area (Å²) in [7, 11) is 0. The predicted molar refractivity (Wildman–Crippen MR) is 68.8 cm³/mol. The van der Waals surface area contributed by atoms with Crippen LogP contribution in [0.25, 0.3) is 0 Å². The number of fused-ring (bicyclic) bond motifs is 1. The summed E-state index contributed by atoms with van der Waals surface area (Å²) in [5.74, 6) is 0.215. The zero-order valence-electron chi connectivity index (χ0n) is 9.56. The van der Waals surface area contributed by atoms with Crippen LogP contribution in [0.1, 0.15) is 20.3 Å². The quantitative estimate of drug-likeness (QED) is 0.802. The molecule has 1 unspecified atom stereocenters. The zero-order valence-corrected chi connectivity index (χ0v) is 10.4. The van der Waals surface area contributed by atoms with Crippen molar-refractivity contribution in [2.45, 2.75) is 30.4 Å². The summed E-state index contributed by atoms with van der Waals surface area (Å²) >= 11 is 1.63. The van der Waals surface area contributed by atoms with Gasteiger partial charge in [-0.25, -0.2) is 0 Å². The molecule has 0 saturated carbocycles. The fourth-order valence-corrected chi connectivity index (χ4v) is 3.13. The molecule has 86 valence electrons. The number of carbonyl (C=O) groups excluding carboxylic acids is 1. The number of carbonyl (C=O) groups is 1. The van der Waals surface area contributed by atoms with Crippen molar-refractivity contribution in [3.63, 3.8) is 0 Å². The van der Waals surface area contributed by atoms with Gasteiger partial charge in [0, 0.05) is 17.1 Å². The molecule has 4 heteroatoms. The van der Waals surface area contributed by atoms with Gasteiger partial charge in [-0.2, -0.15) is 0 Å². The molecule has 1 atom stereocenters. The Balaban J connectivity index is 2.46. The van der Waals surface area contributed by atoms with Crippen molar-refractivity contribution in [1.82, 2.24) is 0 Å². The molecule has 0 radical (unpaired) electrons. The van der Waals surface area contributed by atoms with Gasteiger partial charge in [0.15, 0.2) is 0 Å². The molecule has 2 N–H and O–H groups in total. The third-order valence-corrected chi connectivity index (χ3v) is 4.17. The highest BCUT2D eigenvalue weighted by atomic mass is 32.2. The van der Waals surface area contributed by atoms with Crippen molar-refractivity contribution in [3.05, 3.63) is 18.2 Å². The Labute approximate surface area is 100.0 Å². The number of nitrogen functional groups attached to an aromatic ring is 1. The van der Waals surface area contributed by atoms with E-state index in [1.807, 2.05) is 36.9 Å². The number of nitrogens with zero attached hydrogens (tertiary/aromatic N) is 1. The molecular weight excluding hydrogens is 220 g/mol. The van der Waals surface area contributed by atoms with Gasteiger partial charge in [-0.15, -0.1) is 11.8 Å². The Morgan fingerprint density at radius 2 is 2.19 bits per heavy atom. The lowest BCUT2D eigenvalue weighted by atomic mass is 10.2. The fourth-order valence-electron chi connectivity index (χ4n) is 1.93. The molecule has 1 aliphatic heterocycles. The minimum absolute atomic E-state index is 0.0363. The van der Waals surface area contributed by atoms with Gasteiger partial charge < -0.3 is 10.6 Å². The monoisotopic (exact) mass is 236 g/mol.